The van der Waals surface area contributed by atoms with Crippen molar-refractivity contribution in [1.29, 1.82) is 0 Å². The third-order valence-corrected chi connectivity index (χ3v) is 4.84. The van der Waals surface area contributed by atoms with Gasteiger partial charge in [0, 0.05) is 18.8 Å². The van der Waals surface area contributed by atoms with Crippen molar-refractivity contribution >= 4 is 17.6 Å². The molecule has 0 saturated carbocycles. The molecule has 2 N–H and O–H groups in total. The molecule has 3 rings (SSSR count). The topological polar surface area (TPSA) is 69.6 Å². The predicted octanol–water partition coefficient (Wildman–Crippen LogP) is 3.21. The highest BCUT2D eigenvalue weighted by Gasteiger charge is 2.33. The van der Waals surface area contributed by atoms with Crippen molar-refractivity contribution < 1.29 is 14.7 Å². The first kappa shape index (κ1) is 18.1. The van der Waals surface area contributed by atoms with Crippen molar-refractivity contribution in [3.63, 3.8) is 0 Å². The monoisotopic (exact) mass is 352 g/mol. The van der Waals surface area contributed by atoms with E-state index in [4.69, 9.17) is 5.11 Å². The molecule has 1 atom stereocenters. The fraction of sp³-hybridized carbons (Fsp3) is 0.333. The Hall–Kier alpha value is -2.66. The van der Waals surface area contributed by atoms with Crippen molar-refractivity contribution in [2.75, 3.05) is 11.4 Å². The van der Waals surface area contributed by atoms with Gasteiger partial charge >= 0.3 is 5.97 Å². The van der Waals surface area contributed by atoms with Crippen molar-refractivity contribution in [3.05, 3.63) is 64.2 Å². The minimum Gasteiger partial charge on any atom is -0.478 e. The standard InChI is InChI=1S/C21H24N2O3/c1-13-9-14(2)19(15(3)10-13)23-8-7-18(20(23)24)22-12-16-5-4-6-17(11-16)21(25)26/h4-6,9-11,18,22H,7-8,12H2,1-3H3,(H,25,26). The van der Waals surface area contributed by atoms with E-state index in [1.165, 1.54) is 5.56 Å². The average Bonchev–Trinajstić information content (AvgIpc) is 2.93. The third-order valence-electron chi connectivity index (χ3n) is 4.84. The first-order valence-electron chi connectivity index (χ1n) is 8.81. The van der Waals surface area contributed by atoms with Crippen LogP contribution in [0.5, 0.6) is 0 Å². The molecule has 0 aromatic heterocycles. The van der Waals surface area contributed by atoms with Crippen LogP contribution < -0.4 is 10.2 Å². The van der Waals surface area contributed by atoms with Crippen LogP contribution in [-0.2, 0) is 11.3 Å². The van der Waals surface area contributed by atoms with Gasteiger partial charge in [0.2, 0.25) is 5.91 Å². The number of carbonyl (C=O) groups excluding carboxylic acids is 1. The van der Waals surface area contributed by atoms with E-state index in [0.717, 1.165) is 28.8 Å². The number of carboxylic acid groups (broad SMARTS) is 1. The highest BCUT2D eigenvalue weighted by Crippen LogP contribution is 2.30. The second kappa shape index (κ2) is 7.30. The SMILES string of the molecule is Cc1cc(C)c(N2CCC(NCc3cccc(C(=O)O)c3)C2=O)c(C)c1. The summed E-state index contributed by atoms with van der Waals surface area (Å²) in [7, 11) is 0. The van der Waals surface area contributed by atoms with Crippen molar-refractivity contribution in [3.8, 4) is 0 Å². The van der Waals surface area contributed by atoms with Gasteiger partial charge in [-0.1, -0.05) is 29.8 Å². The molecule has 26 heavy (non-hydrogen) atoms. The Labute approximate surface area is 153 Å². The Balaban J connectivity index is 1.70. The lowest BCUT2D eigenvalue weighted by Gasteiger charge is -2.22. The second-order valence-corrected chi connectivity index (χ2v) is 6.96. The number of nitrogens with zero attached hydrogens (tertiary/aromatic N) is 1. The molecule has 0 bridgehead atoms. The zero-order valence-corrected chi connectivity index (χ0v) is 15.4. The number of benzene rings is 2. The normalized spacial score (nSPS) is 17.0. The van der Waals surface area contributed by atoms with E-state index in [-0.39, 0.29) is 17.5 Å². The van der Waals surface area contributed by atoms with E-state index in [2.05, 4.69) is 24.4 Å². The first-order chi connectivity index (χ1) is 12.4. The summed E-state index contributed by atoms with van der Waals surface area (Å²) in [5, 5.41) is 12.4. The summed E-state index contributed by atoms with van der Waals surface area (Å²) in [5.74, 6) is -0.866. The molecule has 1 unspecified atom stereocenters. The van der Waals surface area contributed by atoms with E-state index in [1.807, 2.05) is 24.8 Å². The molecule has 1 heterocycles. The lowest BCUT2D eigenvalue weighted by atomic mass is 10.0. The first-order valence-corrected chi connectivity index (χ1v) is 8.81. The van der Waals surface area contributed by atoms with Crippen LogP contribution in [0.2, 0.25) is 0 Å². The fourth-order valence-electron chi connectivity index (χ4n) is 3.74. The Kier molecular flexibility index (Phi) is 5.09. The van der Waals surface area contributed by atoms with Gasteiger partial charge in [-0.2, -0.15) is 0 Å². The number of aryl methyl sites for hydroxylation is 3. The lowest BCUT2D eigenvalue weighted by molar-refractivity contribution is -0.118. The van der Waals surface area contributed by atoms with E-state index < -0.39 is 5.97 Å². The molecule has 2 aromatic rings. The van der Waals surface area contributed by atoms with Crippen LogP contribution in [-0.4, -0.2) is 29.6 Å². The fourth-order valence-corrected chi connectivity index (χ4v) is 3.74. The Morgan fingerprint density at radius 2 is 1.88 bits per heavy atom. The van der Waals surface area contributed by atoms with Gasteiger partial charge in [0.15, 0.2) is 0 Å². The van der Waals surface area contributed by atoms with Gasteiger partial charge in [0.05, 0.1) is 11.6 Å². The maximum Gasteiger partial charge on any atom is 0.335 e. The molecule has 5 heteroatoms. The summed E-state index contributed by atoms with van der Waals surface area (Å²) < 4.78 is 0. The quantitative estimate of drug-likeness (QED) is 0.867. The summed E-state index contributed by atoms with van der Waals surface area (Å²) in [5.41, 5.74) is 5.56. The van der Waals surface area contributed by atoms with Gasteiger partial charge < -0.3 is 15.3 Å². The Morgan fingerprint density at radius 1 is 1.19 bits per heavy atom. The number of carboxylic acids is 1. The highest BCUT2D eigenvalue weighted by molar-refractivity contribution is 6.00. The van der Waals surface area contributed by atoms with Gasteiger partial charge in [-0.25, -0.2) is 4.79 Å². The van der Waals surface area contributed by atoms with Gasteiger partial charge in [-0.05, 0) is 56.0 Å². The lowest BCUT2D eigenvalue weighted by Crippen LogP contribution is -2.38. The molecule has 5 nitrogen and oxygen atoms in total. The van der Waals surface area contributed by atoms with Crippen LogP contribution in [0, 0.1) is 20.8 Å². The molecule has 1 fully saturated rings. The molecule has 2 aromatic carbocycles. The minimum absolute atomic E-state index is 0.0782. The summed E-state index contributed by atoms with van der Waals surface area (Å²) in [4.78, 5) is 25.8. The third kappa shape index (κ3) is 3.63. The van der Waals surface area contributed by atoms with E-state index in [1.54, 1.807) is 18.2 Å². The summed E-state index contributed by atoms with van der Waals surface area (Å²) in [6.45, 7) is 7.31. The molecule has 1 saturated heterocycles. The van der Waals surface area contributed by atoms with Crippen molar-refractivity contribution in [1.82, 2.24) is 5.32 Å². The Morgan fingerprint density at radius 3 is 2.54 bits per heavy atom. The van der Waals surface area contributed by atoms with Crippen LogP contribution in [0.25, 0.3) is 0 Å². The summed E-state index contributed by atoms with van der Waals surface area (Å²) in [6.07, 6.45) is 0.740. The maximum atomic E-state index is 12.9. The number of amides is 1. The number of anilines is 1. The number of rotatable bonds is 5. The highest BCUT2D eigenvalue weighted by atomic mass is 16.4. The molecule has 0 radical (unpaired) electrons. The molecule has 0 spiro atoms. The van der Waals surface area contributed by atoms with E-state index >= 15 is 0 Å². The smallest absolute Gasteiger partial charge is 0.335 e. The van der Waals surface area contributed by atoms with Crippen molar-refractivity contribution in [2.45, 2.75) is 39.8 Å². The maximum absolute atomic E-state index is 12.9. The van der Waals surface area contributed by atoms with Crippen LogP contribution in [0.4, 0.5) is 5.69 Å². The Bertz CT molecular complexity index is 837. The number of nitrogens with one attached hydrogen (secondary N) is 1. The van der Waals surface area contributed by atoms with Crippen molar-refractivity contribution in [2.24, 2.45) is 0 Å². The molecule has 136 valence electrons. The number of hydrogen-bond donors (Lipinski definition) is 2. The van der Waals surface area contributed by atoms with Gasteiger partial charge in [-0.15, -0.1) is 0 Å². The van der Waals surface area contributed by atoms with E-state index in [9.17, 15) is 9.59 Å². The zero-order chi connectivity index (χ0) is 18.8. The number of hydrogen-bond acceptors (Lipinski definition) is 3. The van der Waals surface area contributed by atoms with E-state index in [0.29, 0.717) is 13.1 Å². The second-order valence-electron chi connectivity index (χ2n) is 6.96. The molecular weight excluding hydrogens is 328 g/mol. The molecule has 1 aliphatic heterocycles. The van der Waals surface area contributed by atoms with Gasteiger partial charge in [0.25, 0.3) is 0 Å². The minimum atomic E-state index is -0.944. The van der Waals surface area contributed by atoms with Crippen LogP contribution >= 0.6 is 0 Å². The largest absolute Gasteiger partial charge is 0.478 e. The molecule has 1 amide bonds. The van der Waals surface area contributed by atoms with Gasteiger partial charge in [0.1, 0.15) is 0 Å². The summed E-state index contributed by atoms with van der Waals surface area (Å²) in [6, 6.07) is 10.8. The van der Waals surface area contributed by atoms with Crippen LogP contribution in [0.15, 0.2) is 36.4 Å². The van der Waals surface area contributed by atoms with Crippen LogP contribution in [0.3, 0.4) is 0 Å². The number of aromatic carboxylic acids is 1. The van der Waals surface area contributed by atoms with Crippen LogP contribution in [0.1, 0.15) is 39.0 Å². The average molecular weight is 352 g/mol. The molecule has 0 aliphatic carbocycles. The summed E-state index contributed by atoms with van der Waals surface area (Å²) >= 11 is 0. The van der Waals surface area contributed by atoms with Gasteiger partial charge in [-0.3, -0.25) is 4.79 Å². The molecular formula is C21H24N2O3. The predicted molar refractivity (Wildman–Crippen MR) is 102 cm³/mol. The zero-order valence-electron chi connectivity index (χ0n) is 15.4. The number of carbonyl (C=O) groups is 2. The molecule has 1 aliphatic rings.